The molecule has 1 saturated carbocycles. The van der Waals surface area contributed by atoms with Crippen molar-refractivity contribution in [2.24, 2.45) is 23.7 Å². The predicted octanol–water partition coefficient (Wildman–Crippen LogP) is 3.39. The first-order chi connectivity index (χ1) is 12.2. The van der Waals surface area contributed by atoms with Gasteiger partial charge in [0.2, 0.25) is 6.29 Å². The molecule has 1 saturated heterocycles. The molecule has 2 aliphatic rings. The highest BCUT2D eigenvalue weighted by atomic mass is 16.7. The normalized spacial score (nSPS) is 33.0. The first-order valence-corrected chi connectivity index (χ1v) is 9.29. The molecule has 0 bridgehead atoms. The third kappa shape index (κ3) is 4.66. The van der Waals surface area contributed by atoms with Crippen LogP contribution in [-0.2, 0) is 19.0 Å². The molecule has 148 valence electrons. The van der Waals surface area contributed by atoms with Crippen molar-refractivity contribution in [1.82, 2.24) is 0 Å². The Balaban J connectivity index is 2.24. The van der Waals surface area contributed by atoms with Crippen LogP contribution in [0.25, 0.3) is 0 Å². The van der Waals surface area contributed by atoms with Crippen LogP contribution in [0.4, 0.5) is 0 Å². The molecule has 0 amide bonds. The summed E-state index contributed by atoms with van der Waals surface area (Å²) in [6.45, 7) is 8.08. The van der Waals surface area contributed by atoms with E-state index in [1.807, 2.05) is 0 Å². The highest BCUT2D eigenvalue weighted by Crippen LogP contribution is 2.39. The maximum atomic E-state index is 11.8. The van der Waals surface area contributed by atoms with Gasteiger partial charge >= 0.3 is 17.6 Å². The highest BCUT2D eigenvalue weighted by molar-refractivity contribution is 5.72. The largest absolute Gasteiger partial charge is 0.476 e. The Bertz CT molecular complexity index is 560. The fourth-order valence-electron chi connectivity index (χ4n) is 3.91. The van der Waals surface area contributed by atoms with Crippen LogP contribution in [0.2, 0.25) is 0 Å². The molecule has 0 spiro atoms. The summed E-state index contributed by atoms with van der Waals surface area (Å²) in [5.74, 6) is -1.18. The molecule has 1 aliphatic carbocycles. The van der Waals surface area contributed by atoms with E-state index in [4.69, 9.17) is 14.2 Å². The zero-order chi connectivity index (χ0) is 19.4. The number of carbonyl (C=O) groups is 1. The van der Waals surface area contributed by atoms with Crippen molar-refractivity contribution < 1.29 is 29.0 Å². The van der Waals surface area contributed by atoms with Gasteiger partial charge in [-0.15, -0.1) is 0 Å². The van der Waals surface area contributed by atoms with Crippen LogP contribution in [0, 0.1) is 33.8 Å². The van der Waals surface area contributed by atoms with Crippen molar-refractivity contribution in [3.8, 4) is 0 Å². The van der Waals surface area contributed by atoms with E-state index >= 15 is 0 Å². The van der Waals surface area contributed by atoms with Crippen LogP contribution in [-0.4, -0.2) is 35.0 Å². The molecule has 1 N–H and O–H groups in total. The molecule has 8 heteroatoms. The van der Waals surface area contributed by atoms with Gasteiger partial charge in [-0.2, -0.15) is 0 Å². The Morgan fingerprint density at radius 3 is 2.69 bits per heavy atom. The number of cyclic esters (lactones) is 1. The molecule has 26 heavy (non-hydrogen) atoms. The minimum atomic E-state index is -1.08. The number of rotatable bonds is 7. The molecule has 5 atom stereocenters. The molecule has 8 nitrogen and oxygen atoms in total. The molecule has 1 aliphatic heterocycles. The first-order valence-electron chi connectivity index (χ1n) is 9.29. The first kappa shape index (κ1) is 20.5. The lowest BCUT2D eigenvalue weighted by molar-refractivity contribution is -0.443. The number of esters is 1. The monoisotopic (exact) mass is 371 g/mol. The molecule has 0 aromatic heterocycles. The lowest BCUT2D eigenvalue weighted by atomic mass is 9.75. The molecule has 2 fully saturated rings. The van der Waals surface area contributed by atoms with Gasteiger partial charge in [-0.3, -0.25) is 14.9 Å². The van der Waals surface area contributed by atoms with Crippen LogP contribution in [0.3, 0.4) is 0 Å². The Kier molecular flexibility index (Phi) is 6.86. The summed E-state index contributed by atoms with van der Waals surface area (Å²) in [4.78, 5) is 22.6. The third-order valence-electron chi connectivity index (χ3n) is 5.28. The van der Waals surface area contributed by atoms with Crippen molar-refractivity contribution in [2.45, 2.75) is 65.8 Å². The van der Waals surface area contributed by atoms with E-state index in [2.05, 4.69) is 20.8 Å². The van der Waals surface area contributed by atoms with E-state index < -0.39 is 34.7 Å². The van der Waals surface area contributed by atoms with Gasteiger partial charge in [0.1, 0.15) is 5.92 Å². The molecule has 1 heterocycles. The van der Waals surface area contributed by atoms with E-state index in [1.54, 1.807) is 6.92 Å². The molecule has 0 unspecified atom stereocenters. The van der Waals surface area contributed by atoms with Gasteiger partial charge < -0.3 is 19.3 Å². The van der Waals surface area contributed by atoms with Crippen LogP contribution < -0.4 is 0 Å². The summed E-state index contributed by atoms with van der Waals surface area (Å²) in [6, 6.07) is 0. The summed E-state index contributed by atoms with van der Waals surface area (Å²) in [5, 5.41) is 21.4. The Morgan fingerprint density at radius 2 is 2.12 bits per heavy atom. The Labute approximate surface area is 153 Å². The topological polar surface area (TPSA) is 108 Å². The molecular formula is C18H29NO7. The van der Waals surface area contributed by atoms with Gasteiger partial charge in [-0.05, 0) is 37.5 Å². The predicted molar refractivity (Wildman–Crippen MR) is 92.5 cm³/mol. The standard InChI is InChI=1S/C18H29NO7/c1-5-24-17(21)16(19(22)23)13-9-15(20)26-18(13)25-14-8-11(4)6-7-12(14)10(2)3/h10-14,18,21H,5-9H2,1-4H3/b17-16+/t11-,12+,13-,14-,18-/m1/s1. The Hall–Kier alpha value is -1.83. The molecular weight excluding hydrogens is 342 g/mol. The van der Waals surface area contributed by atoms with Gasteiger partial charge in [0, 0.05) is 0 Å². The number of hydrogen-bond donors (Lipinski definition) is 1. The van der Waals surface area contributed by atoms with Crippen LogP contribution in [0.1, 0.15) is 53.4 Å². The van der Waals surface area contributed by atoms with Gasteiger partial charge in [-0.25, -0.2) is 0 Å². The molecule has 2 rings (SSSR count). The maximum Gasteiger partial charge on any atom is 0.354 e. The van der Waals surface area contributed by atoms with Gasteiger partial charge in [0.05, 0.1) is 24.1 Å². The van der Waals surface area contributed by atoms with Crippen LogP contribution in [0.5, 0.6) is 0 Å². The summed E-state index contributed by atoms with van der Waals surface area (Å²) in [5.41, 5.74) is -0.562. The molecule has 0 radical (unpaired) electrons. The van der Waals surface area contributed by atoms with E-state index in [0.717, 1.165) is 19.3 Å². The third-order valence-corrected chi connectivity index (χ3v) is 5.28. The molecule has 0 aromatic rings. The summed E-state index contributed by atoms with van der Waals surface area (Å²) in [6.07, 6.45) is 1.51. The smallest absolute Gasteiger partial charge is 0.354 e. The van der Waals surface area contributed by atoms with Crippen LogP contribution in [0.15, 0.2) is 11.6 Å². The number of hydrogen-bond acceptors (Lipinski definition) is 7. The van der Waals surface area contributed by atoms with Crippen LogP contribution >= 0.6 is 0 Å². The van der Waals surface area contributed by atoms with E-state index in [-0.39, 0.29) is 19.1 Å². The van der Waals surface area contributed by atoms with E-state index in [1.165, 1.54) is 0 Å². The van der Waals surface area contributed by atoms with Gasteiger partial charge in [-0.1, -0.05) is 27.2 Å². The van der Waals surface area contributed by atoms with Crippen molar-refractivity contribution in [2.75, 3.05) is 6.61 Å². The van der Waals surface area contributed by atoms with Crippen molar-refractivity contribution >= 4 is 5.97 Å². The lowest BCUT2D eigenvalue weighted by Gasteiger charge is -2.38. The number of aliphatic hydroxyl groups is 1. The minimum Gasteiger partial charge on any atom is -0.476 e. The highest BCUT2D eigenvalue weighted by Gasteiger charge is 2.48. The summed E-state index contributed by atoms with van der Waals surface area (Å²) in [7, 11) is 0. The second-order valence-corrected chi connectivity index (χ2v) is 7.55. The zero-order valence-electron chi connectivity index (χ0n) is 15.8. The van der Waals surface area contributed by atoms with Gasteiger partial charge in [0.25, 0.3) is 0 Å². The fourth-order valence-corrected chi connectivity index (χ4v) is 3.91. The number of nitro groups is 1. The lowest BCUT2D eigenvalue weighted by Crippen LogP contribution is -2.39. The minimum absolute atomic E-state index is 0.0752. The second-order valence-electron chi connectivity index (χ2n) is 7.55. The van der Waals surface area contributed by atoms with E-state index in [0.29, 0.717) is 17.8 Å². The maximum absolute atomic E-state index is 11.8. The van der Waals surface area contributed by atoms with Gasteiger partial charge in [0.15, 0.2) is 0 Å². The second kappa shape index (κ2) is 8.70. The average Bonchev–Trinajstić information content (AvgIpc) is 2.87. The SMILES string of the molecule is CCO/C(O)=C(\[C@H]1CC(=O)O[C@H]1O[C@@H]1C[C@H](C)CC[C@H]1C(C)C)[N+](=O)[O-]. The summed E-state index contributed by atoms with van der Waals surface area (Å²) >= 11 is 0. The van der Waals surface area contributed by atoms with Crippen molar-refractivity contribution in [1.29, 1.82) is 0 Å². The quantitative estimate of drug-likeness (QED) is 0.316. The van der Waals surface area contributed by atoms with Crippen molar-refractivity contribution in [3.63, 3.8) is 0 Å². The number of ether oxygens (including phenoxy) is 3. The Morgan fingerprint density at radius 1 is 1.42 bits per heavy atom. The van der Waals surface area contributed by atoms with E-state index in [9.17, 15) is 20.0 Å². The number of carbonyl (C=O) groups excluding carboxylic acids is 1. The zero-order valence-corrected chi connectivity index (χ0v) is 15.8. The number of nitrogens with zero attached hydrogens (tertiary/aromatic N) is 1. The number of aliphatic hydroxyl groups excluding tert-OH is 1. The average molecular weight is 371 g/mol. The fraction of sp³-hybridized carbons (Fsp3) is 0.833. The molecule has 0 aromatic carbocycles. The van der Waals surface area contributed by atoms with Crippen molar-refractivity contribution in [3.05, 3.63) is 21.8 Å². The summed E-state index contributed by atoms with van der Waals surface area (Å²) < 4.78 is 16.2.